The van der Waals surface area contributed by atoms with Gasteiger partial charge >= 0.3 is 0 Å². The van der Waals surface area contributed by atoms with Gasteiger partial charge in [0.2, 0.25) is 0 Å². The Morgan fingerprint density at radius 3 is 2.41 bits per heavy atom. The van der Waals surface area contributed by atoms with E-state index in [1.807, 2.05) is 0 Å². The Labute approximate surface area is 106 Å². The molecule has 0 heterocycles. The molecule has 3 heteroatoms. The first-order valence-corrected chi connectivity index (χ1v) is 6.98. The van der Waals surface area contributed by atoms with E-state index in [1.165, 1.54) is 32.1 Å². The number of nitrogens with two attached hydrogens (primary N) is 1. The minimum Gasteiger partial charge on any atom is -0.387 e. The summed E-state index contributed by atoms with van der Waals surface area (Å²) in [4.78, 5) is 2.51. The van der Waals surface area contributed by atoms with E-state index in [9.17, 15) is 0 Å². The fourth-order valence-corrected chi connectivity index (χ4v) is 2.61. The van der Waals surface area contributed by atoms with Crippen LogP contribution in [-0.4, -0.2) is 30.4 Å². The van der Waals surface area contributed by atoms with Gasteiger partial charge in [0.1, 0.15) is 0 Å². The van der Waals surface area contributed by atoms with Gasteiger partial charge in [-0.1, -0.05) is 33.1 Å². The molecule has 1 aliphatic rings. The van der Waals surface area contributed by atoms with Crippen molar-refractivity contribution in [2.24, 2.45) is 11.1 Å². The molecule has 3 N–H and O–H groups in total. The molecular weight excluding hydrogens is 210 g/mol. The lowest BCUT2D eigenvalue weighted by Crippen LogP contribution is -2.36. The summed E-state index contributed by atoms with van der Waals surface area (Å²) in [7, 11) is 2.25. The van der Waals surface area contributed by atoms with E-state index in [-0.39, 0.29) is 5.41 Å². The van der Waals surface area contributed by atoms with Gasteiger partial charge in [0.15, 0.2) is 0 Å². The van der Waals surface area contributed by atoms with E-state index < -0.39 is 0 Å². The van der Waals surface area contributed by atoms with Crippen LogP contribution in [-0.2, 0) is 0 Å². The van der Waals surface area contributed by atoms with Gasteiger partial charge in [-0.15, -0.1) is 0 Å². The molecule has 0 saturated heterocycles. The zero-order valence-electron chi connectivity index (χ0n) is 11.8. The van der Waals surface area contributed by atoms with Crippen molar-refractivity contribution in [3.8, 4) is 0 Å². The molecule has 0 amide bonds. The third-order valence-electron chi connectivity index (χ3n) is 4.24. The lowest BCUT2D eigenvalue weighted by Gasteiger charge is -2.32. The SMILES string of the molecule is CN(CCCC(C)(C)C(=N)N)C1CCCCC1. The smallest absolute Gasteiger partial charge is 0.0963 e. The highest BCUT2D eigenvalue weighted by Gasteiger charge is 2.22. The summed E-state index contributed by atoms with van der Waals surface area (Å²) in [6.07, 6.45) is 9.10. The van der Waals surface area contributed by atoms with Crippen LogP contribution in [0.2, 0.25) is 0 Å². The molecule has 0 unspecified atom stereocenters. The van der Waals surface area contributed by atoms with Crippen molar-refractivity contribution < 1.29 is 0 Å². The van der Waals surface area contributed by atoms with E-state index in [1.54, 1.807) is 0 Å². The second-order valence-electron chi connectivity index (χ2n) is 6.17. The van der Waals surface area contributed by atoms with Crippen molar-refractivity contribution >= 4 is 5.84 Å². The van der Waals surface area contributed by atoms with Crippen LogP contribution in [0.3, 0.4) is 0 Å². The zero-order chi connectivity index (χ0) is 12.9. The first-order valence-electron chi connectivity index (χ1n) is 6.98. The van der Waals surface area contributed by atoms with Gasteiger partial charge < -0.3 is 10.6 Å². The minimum atomic E-state index is -0.132. The first kappa shape index (κ1) is 14.5. The molecule has 0 radical (unpaired) electrons. The van der Waals surface area contributed by atoms with Crippen molar-refractivity contribution in [3.63, 3.8) is 0 Å². The van der Waals surface area contributed by atoms with E-state index in [0.717, 1.165) is 25.4 Å². The molecule has 1 aliphatic carbocycles. The summed E-state index contributed by atoms with van der Waals surface area (Å²) < 4.78 is 0. The molecule has 0 spiro atoms. The number of nitrogens with one attached hydrogen (secondary N) is 1. The van der Waals surface area contributed by atoms with Crippen LogP contribution in [0, 0.1) is 10.8 Å². The molecule has 0 aromatic heterocycles. The molecule has 100 valence electrons. The lowest BCUT2D eigenvalue weighted by molar-refractivity contribution is 0.184. The predicted molar refractivity (Wildman–Crippen MR) is 74.4 cm³/mol. The summed E-state index contributed by atoms with van der Waals surface area (Å²) in [5.41, 5.74) is 5.47. The van der Waals surface area contributed by atoms with Crippen molar-refractivity contribution in [3.05, 3.63) is 0 Å². The number of amidine groups is 1. The Kier molecular flexibility index (Phi) is 5.44. The van der Waals surface area contributed by atoms with Gasteiger partial charge in [-0.05, 0) is 39.3 Å². The molecule has 1 fully saturated rings. The van der Waals surface area contributed by atoms with Crippen molar-refractivity contribution in [1.82, 2.24) is 4.90 Å². The highest BCUT2D eigenvalue weighted by Crippen LogP contribution is 2.24. The number of hydrogen-bond donors (Lipinski definition) is 2. The fourth-order valence-electron chi connectivity index (χ4n) is 2.61. The molecule has 0 aromatic carbocycles. The Balaban J connectivity index is 2.23. The summed E-state index contributed by atoms with van der Waals surface area (Å²) in [6.45, 7) is 5.27. The van der Waals surface area contributed by atoms with Crippen LogP contribution >= 0.6 is 0 Å². The van der Waals surface area contributed by atoms with Gasteiger partial charge in [0.05, 0.1) is 5.84 Å². The third-order valence-corrected chi connectivity index (χ3v) is 4.24. The Morgan fingerprint density at radius 2 is 1.88 bits per heavy atom. The van der Waals surface area contributed by atoms with Gasteiger partial charge in [-0.2, -0.15) is 0 Å². The molecule has 0 bridgehead atoms. The largest absolute Gasteiger partial charge is 0.387 e. The maximum absolute atomic E-state index is 7.54. The van der Waals surface area contributed by atoms with Gasteiger partial charge in [0, 0.05) is 11.5 Å². The summed E-state index contributed by atoms with van der Waals surface area (Å²) in [6, 6.07) is 0.796. The average molecular weight is 239 g/mol. The van der Waals surface area contributed by atoms with Crippen LogP contribution < -0.4 is 5.73 Å². The van der Waals surface area contributed by atoms with Crippen molar-refractivity contribution in [2.45, 2.75) is 64.8 Å². The third kappa shape index (κ3) is 4.66. The Hall–Kier alpha value is -0.570. The number of hydrogen-bond acceptors (Lipinski definition) is 2. The highest BCUT2D eigenvalue weighted by molar-refractivity contribution is 5.82. The molecule has 0 atom stereocenters. The van der Waals surface area contributed by atoms with Crippen molar-refractivity contribution in [2.75, 3.05) is 13.6 Å². The lowest BCUT2D eigenvalue weighted by atomic mass is 9.86. The average Bonchev–Trinajstić information content (AvgIpc) is 2.29. The molecule has 0 aliphatic heterocycles. The quantitative estimate of drug-likeness (QED) is 0.553. The molecule has 1 saturated carbocycles. The Morgan fingerprint density at radius 1 is 1.29 bits per heavy atom. The second-order valence-corrected chi connectivity index (χ2v) is 6.17. The molecular formula is C14H29N3. The van der Waals surface area contributed by atoms with Crippen molar-refractivity contribution in [1.29, 1.82) is 5.41 Å². The van der Waals surface area contributed by atoms with Gasteiger partial charge in [-0.25, -0.2) is 0 Å². The summed E-state index contributed by atoms with van der Waals surface area (Å²) in [5, 5.41) is 7.54. The maximum Gasteiger partial charge on any atom is 0.0963 e. The summed E-state index contributed by atoms with van der Waals surface area (Å²) >= 11 is 0. The normalized spacial score (nSPS) is 18.6. The molecule has 1 rings (SSSR count). The van der Waals surface area contributed by atoms with Crippen LogP contribution in [0.4, 0.5) is 0 Å². The fraction of sp³-hybridized carbons (Fsp3) is 0.929. The van der Waals surface area contributed by atoms with Gasteiger partial charge in [-0.3, -0.25) is 5.41 Å². The molecule has 0 aromatic rings. The van der Waals surface area contributed by atoms with E-state index >= 15 is 0 Å². The highest BCUT2D eigenvalue weighted by atomic mass is 15.1. The van der Waals surface area contributed by atoms with Crippen LogP contribution in [0.5, 0.6) is 0 Å². The first-order chi connectivity index (χ1) is 7.93. The second kappa shape index (κ2) is 6.39. The van der Waals surface area contributed by atoms with Gasteiger partial charge in [0.25, 0.3) is 0 Å². The molecule has 17 heavy (non-hydrogen) atoms. The van der Waals surface area contributed by atoms with E-state index in [2.05, 4.69) is 25.8 Å². The Bertz CT molecular complexity index is 242. The number of rotatable bonds is 6. The number of nitrogens with zero attached hydrogens (tertiary/aromatic N) is 1. The summed E-state index contributed by atoms with van der Waals surface area (Å²) in [5.74, 6) is 0.317. The topological polar surface area (TPSA) is 53.1 Å². The molecule has 3 nitrogen and oxygen atoms in total. The predicted octanol–water partition coefficient (Wildman–Crippen LogP) is 2.99. The van der Waals surface area contributed by atoms with E-state index in [0.29, 0.717) is 5.84 Å². The standard InChI is InChI=1S/C14H29N3/c1-14(2,13(15)16)10-7-11-17(3)12-8-5-4-6-9-12/h12H,4-11H2,1-3H3,(H3,15,16). The van der Waals surface area contributed by atoms with E-state index in [4.69, 9.17) is 11.1 Å². The van der Waals surface area contributed by atoms with Crippen LogP contribution in [0.1, 0.15) is 58.8 Å². The monoisotopic (exact) mass is 239 g/mol. The van der Waals surface area contributed by atoms with Crippen LogP contribution in [0.25, 0.3) is 0 Å². The minimum absolute atomic E-state index is 0.132. The van der Waals surface area contributed by atoms with Crippen LogP contribution in [0.15, 0.2) is 0 Å². The zero-order valence-corrected chi connectivity index (χ0v) is 11.8. The maximum atomic E-state index is 7.54.